The van der Waals surface area contributed by atoms with Crippen LogP contribution in [0, 0.1) is 0 Å². The molecular formula is C33H49N4NaO7. The molecule has 12 heteroatoms. The van der Waals surface area contributed by atoms with Crippen molar-refractivity contribution in [3.63, 3.8) is 0 Å². The summed E-state index contributed by atoms with van der Waals surface area (Å²) in [5.41, 5.74) is 4.04. The maximum atomic E-state index is 11.7. The molecule has 0 N–H and O–H groups in total. The van der Waals surface area contributed by atoms with Gasteiger partial charge in [-0.3, -0.25) is 14.4 Å². The van der Waals surface area contributed by atoms with Gasteiger partial charge in [-0.05, 0) is 63.3 Å². The molecule has 0 radical (unpaired) electrons. The van der Waals surface area contributed by atoms with Gasteiger partial charge in [-0.15, -0.1) is 0 Å². The van der Waals surface area contributed by atoms with Gasteiger partial charge in [-0.2, -0.15) is 0 Å². The Morgan fingerprint density at radius 2 is 1.24 bits per heavy atom. The predicted octanol–water partition coefficient (Wildman–Crippen LogP) is -0.266. The first kappa shape index (κ1) is 40.1. The third-order valence-electron chi connectivity index (χ3n) is 7.41. The molecule has 11 nitrogen and oxygen atoms in total. The number of aldehydes is 1. The first-order valence-electron chi connectivity index (χ1n) is 15.1. The van der Waals surface area contributed by atoms with Gasteiger partial charge in [-0.25, -0.2) is 0 Å². The molecule has 0 amide bonds. The minimum atomic E-state index is -0.827. The fourth-order valence-corrected chi connectivity index (χ4v) is 4.66. The van der Waals surface area contributed by atoms with Crippen molar-refractivity contribution in [2.45, 2.75) is 26.2 Å². The number of hydrogen-bond acceptors (Lipinski definition) is 11. The third-order valence-corrected chi connectivity index (χ3v) is 7.41. The minimum Gasteiger partial charge on any atom is -1.00 e. The van der Waals surface area contributed by atoms with Gasteiger partial charge in [0.2, 0.25) is 0 Å². The second-order valence-corrected chi connectivity index (χ2v) is 10.5. The van der Waals surface area contributed by atoms with Crippen LogP contribution in [0.1, 0.15) is 32.3 Å². The van der Waals surface area contributed by atoms with Crippen LogP contribution in [-0.2, 0) is 39.8 Å². The van der Waals surface area contributed by atoms with Gasteiger partial charge in [0.25, 0.3) is 6.47 Å². The first-order chi connectivity index (χ1) is 21.3. The van der Waals surface area contributed by atoms with Crippen LogP contribution < -0.4 is 39.4 Å². The predicted molar refractivity (Wildman–Crippen MR) is 172 cm³/mol. The summed E-state index contributed by atoms with van der Waals surface area (Å²) in [5, 5.41) is 0. The van der Waals surface area contributed by atoms with Crippen LogP contribution in [0.25, 0.3) is 0 Å². The third kappa shape index (κ3) is 14.3. The van der Waals surface area contributed by atoms with E-state index in [0.29, 0.717) is 31.3 Å². The molecule has 2 fully saturated rings. The summed E-state index contributed by atoms with van der Waals surface area (Å²) in [4.78, 5) is 52.5. The van der Waals surface area contributed by atoms with E-state index in [0.717, 1.165) is 63.6 Å². The smallest absolute Gasteiger partial charge is 1.00 e. The number of piperazine rings is 2. The monoisotopic (exact) mass is 636 g/mol. The Kier molecular flexibility index (Phi) is 20.1. The molecule has 2 saturated heterocycles. The van der Waals surface area contributed by atoms with Gasteiger partial charge >= 0.3 is 41.5 Å². The van der Waals surface area contributed by atoms with Crippen LogP contribution >= 0.6 is 0 Å². The molecule has 2 aliphatic rings. The van der Waals surface area contributed by atoms with E-state index in [1.165, 1.54) is 12.8 Å². The maximum Gasteiger partial charge on any atom is 1.00 e. The van der Waals surface area contributed by atoms with Crippen molar-refractivity contribution in [3.05, 3.63) is 59.7 Å². The van der Waals surface area contributed by atoms with Crippen molar-refractivity contribution in [1.29, 1.82) is 0 Å². The number of esters is 2. The Labute approximate surface area is 291 Å². The fourth-order valence-electron chi connectivity index (χ4n) is 4.66. The van der Waals surface area contributed by atoms with Crippen molar-refractivity contribution in [1.82, 2.24) is 9.80 Å². The van der Waals surface area contributed by atoms with E-state index in [4.69, 9.17) is 4.74 Å². The van der Waals surface area contributed by atoms with Crippen LogP contribution in [0.3, 0.4) is 0 Å². The van der Waals surface area contributed by atoms with Gasteiger partial charge < -0.3 is 40.0 Å². The van der Waals surface area contributed by atoms with Gasteiger partial charge in [0.1, 0.15) is 12.2 Å². The number of methoxy groups -OCH3 is 1. The molecule has 0 aromatic heterocycles. The van der Waals surface area contributed by atoms with E-state index < -0.39 is 11.9 Å². The molecule has 2 aliphatic heterocycles. The molecular weight excluding hydrogens is 587 g/mol. The molecule has 244 valence electrons. The van der Waals surface area contributed by atoms with E-state index in [1.807, 2.05) is 36.4 Å². The zero-order valence-corrected chi connectivity index (χ0v) is 29.8. The molecule has 2 heterocycles. The van der Waals surface area contributed by atoms with E-state index in [2.05, 4.69) is 55.3 Å². The van der Waals surface area contributed by atoms with Crippen LogP contribution in [0.2, 0.25) is 0 Å². The summed E-state index contributed by atoms with van der Waals surface area (Å²) in [6, 6.07) is 15.8. The molecule has 1 atom stereocenters. The SMILES string of the molecule is CCOC(=O)C(C=O)c1ccc(N2CCN(C)CC2)cc1.CCOC=O.COC(=O)Cc1ccc(N2CCN(C)CC2)cc1.[H-].[Na+]. The standard InChI is InChI=1S/C16H22N2O3.C14H20N2O2.C3H6O2.Na.H/c1-3-21-16(20)15(12-19)13-4-6-14(7-5-13)18-10-8-17(2)9-11-18;1-15-7-9-16(10-8-15)13-5-3-12(4-6-13)11-14(17)18-2;1-2-5-3-4;;/h4-7,12,15H,3,8-11H2,1-2H3;3-6H,7-11H2,1-2H3;3H,2H2,1H3;;/q;;;+1;-1. The van der Waals surface area contributed by atoms with Crippen molar-refractivity contribution < 1.29 is 64.4 Å². The maximum absolute atomic E-state index is 11.7. The van der Waals surface area contributed by atoms with Crippen LogP contribution in [0.15, 0.2) is 48.5 Å². The Morgan fingerprint density at radius 3 is 1.60 bits per heavy atom. The average molecular weight is 637 g/mol. The van der Waals surface area contributed by atoms with E-state index in [9.17, 15) is 19.2 Å². The van der Waals surface area contributed by atoms with E-state index >= 15 is 0 Å². The van der Waals surface area contributed by atoms with E-state index in [-0.39, 0.29) is 43.6 Å². The summed E-state index contributed by atoms with van der Waals surface area (Å²) in [5.74, 6) is -1.51. The molecule has 0 aliphatic carbocycles. The second-order valence-electron chi connectivity index (χ2n) is 10.5. The molecule has 1 unspecified atom stereocenters. The molecule has 2 aromatic carbocycles. The van der Waals surface area contributed by atoms with Crippen molar-refractivity contribution in [2.75, 3.05) is 96.6 Å². The number of rotatable bonds is 10. The minimum absolute atomic E-state index is 0. The van der Waals surface area contributed by atoms with Gasteiger partial charge in [0.05, 0.1) is 26.7 Å². The Hall–Kier alpha value is -2.96. The van der Waals surface area contributed by atoms with Crippen LogP contribution in [0.4, 0.5) is 11.4 Å². The number of carbonyl (C=O) groups excluding carboxylic acids is 4. The summed E-state index contributed by atoms with van der Waals surface area (Å²) >= 11 is 0. The number of hydrogen-bond donors (Lipinski definition) is 0. The van der Waals surface area contributed by atoms with Crippen molar-refractivity contribution in [3.8, 4) is 0 Å². The Balaban J connectivity index is 0.000000745. The number of likely N-dealkylation sites (N-methyl/N-ethyl adjacent to an activating group) is 2. The van der Waals surface area contributed by atoms with Gasteiger partial charge in [-0.1, -0.05) is 24.3 Å². The van der Waals surface area contributed by atoms with Crippen molar-refractivity contribution >= 4 is 36.1 Å². The van der Waals surface area contributed by atoms with Crippen LogP contribution in [-0.4, -0.2) is 121 Å². The number of benzene rings is 2. The fraction of sp³-hybridized carbons (Fsp3) is 0.515. The van der Waals surface area contributed by atoms with Crippen LogP contribution in [0.5, 0.6) is 0 Å². The topological polar surface area (TPSA) is 109 Å². The molecule has 0 bridgehead atoms. The van der Waals surface area contributed by atoms with Gasteiger partial charge in [0.15, 0.2) is 0 Å². The number of ether oxygens (including phenoxy) is 3. The molecule has 0 saturated carbocycles. The molecule has 4 rings (SSSR count). The molecule has 2 aromatic rings. The Bertz CT molecular complexity index is 1140. The summed E-state index contributed by atoms with van der Waals surface area (Å²) in [6.45, 7) is 13.1. The second kappa shape index (κ2) is 22.5. The molecule has 45 heavy (non-hydrogen) atoms. The van der Waals surface area contributed by atoms with Gasteiger partial charge in [0, 0.05) is 63.7 Å². The number of carbonyl (C=O) groups is 4. The summed E-state index contributed by atoms with van der Waals surface area (Å²) < 4.78 is 13.7. The number of nitrogens with zero attached hydrogens (tertiary/aromatic N) is 4. The zero-order valence-electron chi connectivity index (χ0n) is 28.8. The van der Waals surface area contributed by atoms with E-state index in [1.54, 1.807) is 13.8 Å². The summed E-state index contributed by atoms with van der Waals surface area (Å²) in [7, 11) is 5.69. The quantitative estimate of drug-likeness (QED) is 0.113. The normalized spacial score (nSPS) is 15.5. The number of anilines is 2. The molecule has 0 spiro atoms. The average Bonchev–Trinajstić information content (AvgIpc) is 3.04. The first-order valence-corrected chi connectivity index (χ1v) is 15.1. The summed E-state index contributed by atoms with van der Waals surface area (Å²) in [6.07, 6.45) is 0.988. The largest absolute Gasteiger partial charge is 1.00 e. The zero-order chi connectivity index (χ0) is 32.3. The Morgan fingerprint density at radius 1 is 0.778 bits per heavy atom. The van der Waals surface area contributed by atoms with Crippen molar-refractivity contribution in [2.24, 2.45) is 0 Å².